The van der Waals surface area contributed by atoms with Gasteiger partial charge in [-0.3, -0.25) is 0 Å². The molecule has 0 aliphatic carbocycles. The maximum absolute atomic E-state index is 4.80. The summed E-state index contributed by atoms with van der Waals surface area (Å²) in [6.07, 6.45) is 5.59. The van der Waals surface area contributed by atoms with E-state index in [-0.39, 0.29) is 0 Å². The first kappa shape index (κ1) is 13.1. The van der Waals surface area contributed by atoms with E-state index in [0.717, 1.165) is 31.9 Å². The van der Waals surface area contributed by atoms with Crippen LogP contribution in [0, 0.1) is 0 Å². The number of aromatic nitrogens is 1. The number of anilines is 1. The van der Waals surface area contributed by atoms with Crippen LogP contribution >= 0.6 is 0 Å². The summed E-state index contributed by atoms with van der Waals surface area (Å²) in [7, 11) is 1.98. The minimum atomic E-state index is 0.473. The number of nitrogens with one attached hydrogen (secondary N) is 1. The van der Waals surface area contributed by atoms with Crippen LogP contribution in [-0.4, -0.2) is 25.1 Å². The molecule has 0 bridgehead atoms. The van der Waals surface area contributed by atoms with Gasteiger partial charge in [0.25, 0.3) is 0 Å². The Morgan fingerprint density at radius 1 is 1.33 bits per heavy atom. The summed E-state index contributed by atoms with van der Waals surface area (Å²) < 4.78 is 0. The molecule has 0 atom stereocenters. The summed E-state index contributed by atoms with van der Waals surface area (Å²) in [6, 6.07) is 4.42. The Bertz CT molecular complexity index is 424. The molecule has 0 amide bonds. The van der Waals surface area contributed by atoms with Crippen molar-refractivity contribution in [2.24, 2.45) is 0 Å². The van der Waals surface area contributed by atoms with E-state index < -0.39 is 0 Å². The standard InChI is InChI=1S/C15H23N3/c1-12(2)14-9-13(11-16-3)10-15(17-14)18-7-5-4-6-8-18/h4-5,9-10,12,16H,6-8,11H2,1-3H3. The van der Waals surface area contributed by atoms with E-state index in [4.69, 9.17) is 4.98 Å². The highest BCUT2D eigenvalue weighted by atomic mass is 15.2. The molecule has 1 aliphatic rings. The minimum absolute atomic E-state index is 0.473. The smallest absolute Gasteiger partial charge is 0.129 e. The third kappa shape index (κ3) is 3.10. The van der Waals surface area contributed by atoms with Gasteiger partial charge in [-0.1, -0.05) is 26.0 Å². The third-order valence-electron chi connectivity index (χ3n) is 3.25. The molecule has 3 nitrogen and oxygen atoms in total. The fraction of sp³-hybridized carbons (Fsp3) is 0.533. The summed E-state index contributed by atoms with van der Waals surface area (Å²) >= 11 is 0. The lowest BCUT2D eigenvalue weighted by Gasteiger charge is -2.26. The van der Waals surface area contributed by atoms with E-state index in [1.165, 1.54) is 11.3 Å². The monoisotopic (exact) mass is 245 g/mol. The molecule has 1 aromatic rings. The molecule has 98 valence electrons. The highest BCUT2D eigenvalue weighted by Gasteiger charge is 2.12. The van der Waals surface area contributed by atoms with Gasteiger partial charge in [0.05, 0.1) is 0 Å². The molecule has 3 heteroatoms. The van der Waals surface area contributed by atoms with Gasteiger partial charge in [-0.25, -0.2) is 4.98 Å². The van der Waals surface area contributed by atoms with Crippen LogP contribution in [0.3, 0.4) is 0 Å². The zero-order valence-corrected chi connectivity index (χ0v) is 11.6. The van der Waals surface area contributed by atoms with E-state index in [1.54, 1.807) is 0 Å². The maximum atomic E-state index is 4.80. The van der Waals surface area contributed by atoms with Crippen molar-refractivity contribution in [2.75, 3.05) is 25.0 Å². The fourth-order valence-electron chi connectivity index (χ4n) is 2.21. The molecule has 0 spiro atoms. The van der Waals surface area contributed by atoms with Crippen molar-refractivity contribution in [2.45, 2.75) is 32.7 Å². The van der Waals surface area contributed by atoms with Crippen molar-refractivity contribution in [1.82, 2.24) is 10.3 Å². The first-order valence-corrected chi connectivity index (χ1v) is 6.76. The van der Waals surface area contributed by atoms with Crippen molar-refractivity contribution in [3.8, 4) is 0 Å². The molecule has 0 saturated heterocycles. The third-order valence-corrected chi connectivity index (χ3v) is 3.25. The van der Waals surface area contributed by atoms with Crippen LogP contribution in [0.15, 0.2) is 24.3 Å². The van der Waals surface area contributed by atoms with E-state index in [1.807, 2.05) is 7.05 Å². The van der Waals surface area contributed by atoms with E-state index in [9.17, 15) is 0 Å². The highest BCUT2D eigenvalue weighted by Crippen LogP contribution is 2.21. The number of pyridine rings is 1. The van der Waals surface area contributed by atoms with Crippen LogP contribution in [0.4, 0.5) is 5.82 Å². The summed E-state index contributed by atoms with van der Waals surface area (Å²) in [5.74, 6) is 1.59. The highest BCUT2D eigenvalue weighted by molar-refractivity contribution is 5.44. The zero-order chi connectivity index (χ0) is 13.0. The Labute approximate surface area is 110 Å². The molecule has 0 saturated carbocycles. The number of hydrogen-bond donors (Lipinski definition) is 1. The average molecular weight is 245 g/mol. The van der Waals surface area contributed by atoms with Crippen molar-refractivity contribution < 1.29 is 0 Å². The van der Waals surface area contributed by atoms with E-state index in [2.05, 4.69) is 48.3 Å². The molecule has 1 aromatic heterocycles. The molecule has 18 heavy (non-hydrogen) atoms. The first-order chi connectivity index (χ1) is 8.70. The zero-order valence-electron chi connectivity index (χ0n) is 11.6. The fourth-order valence-corrected chi connectivity index (χ4v) is 2.21. The number of nitrogens with zero attached hydrogens (tertiary/aromatic N) is 2. The van der Waals surface area contributed by atoms with Crippen LogP contribution in [-0.2, 0) is 6.54 Å². The first-order valence-electron chi connectivity index (χ1n) is 6.76. The second kappa shape index (κ2) is 6.01. The maximum Gasteiger partial charge on any atom is 0.129 e. The SMILES string of the molecule is CNCc1cc(C(C)C)nc(N2CC=CCC2)c1. The molecular formula is C15H23N3. The van der Waals surface area contributed by atoms with Gasteiger partial charge in [-0.05, 0) is 37.1 Å². The Kier molecular flexibility index (Phi) is 4.37. The van der Waals surface area contributed by atoms with E-state index >= 15 is 0 Å². The molecule has 2 rings (SSSR count). The summed E-state index contributed by atoms with van der Waals surface area (Å²) in [5, 5.41) is 3.22. The lowest BCUT2D eigenvalue weighted by molar-refractivity contribution is 0.760. The van der Waals surface area contributed by atoms with Gasteiger partial charge in [0, 0.05) is 25.3 Å². The minimum Gasteiger partial charge on any atom is -0.353 e. The summed E-state index contributed by atoms with van der Waals surface area (Å²) in [6.45, 7) is 7.35. The topological polar surface area (TPSA) is 28.2 Å². The molecule has 1 aliphatic heterocycles. The van der Waals surface area contributed by atoms with E-state index in [0.29, 0.717) is 5.92 Å². The molecule has 0 radical (unpaired) electrons. The van der Waals surface area contributed by atoms with Crippen LogP contribution in [0.1, 0.15) is 37.4 Å². The number of hydrogen-bond acceptors (Lipinski definition) is 3. The van der Waals surface area contributed by atoms with Gasteiger partial charge in [0.1, 0.15) is 5.82 Å². The van der Waals surface area contributed by atoms with Crippen molar-refractivity contribution in [1.29, 1.82) is 0 Å². The van der Waals surface area contributed by atoms with Gasteiger partial charge in [0.15, 0.2) is 0 Å². The van der Waals surface area contributed by atoms with Crippen LogP contribution in [0.2, 0.25) is 0 Å². The Hall–Kier alpha value is -1.35. The van der Waals surface area contributed by atoms with Crippen molar-refractivity contribution in [3.63, 3.8) is 0 Å². The number of rotatable bonds is 4. The van der Waals surface area contributed by atoms with Crippen LogP contribution < -0.4 is 10.2 Å². The van der Waals surface area contributed by atoms with Gasteiger partial charge in [-0.2, -0.15) is 0 Å². The Morgan fingerprint density at radius 2 is 2.17 bits per heavy atom. The van der Waals surface area contributed by atoms with Crippen molar-refractivity contribution >= 4 is 5.82 Å². The normalized spacial score (nSPS) is 15.4. The second-order valence-electron chi connectivity index (χ2n) is 5.15. The summed E-state index contributed by atoms with van der Waals surface area (Å²) in [5.41, 5.74) is 2.51. The van der Waals surface area contributed by atoms with Gasteiger partial charge >= 0.3 is 0 Å². The molecule has 2 heterocycles. The Morgan fingerprint density at radius 3 is 2.78 bits per heavy atom. The predicted molar refractivity (Wildman–Crippen MR) is 77.1 cm³/mol. The van der Waals surface area contributed by atoms with Gasteiger partial charge in [-0.15, -0.1) is 0 Å². The van der Waals surface area contributed by atoms with Crippen molar-refractivity contribution in [3.05, 3.63) is 35.5 Å². The quantitative estimate of drug-likeness (QED) is 0.827. The van der Waals surface area contributed by atoms with Gasteiger partial charge < -0.3 is 10.2 Å². The molecule has 0 aromatic carbocycles. The molecule has 0 unspecified atom stereocenters. The molecular weight excluding hydrogens is 222 g/mol. The van der Waals surface area contributed by atoms with Crippen LogP contribution in [0.5, 0.6) is 0 Å². The predicted octanol–water partition coefficient (Wildman–Crippen LogP) is 2.69. The van der Waals surface area contributed by atoms with Crippen LogP contribution in [0.25, 0.3) is 0 Å². The largest absolute Gasteiger partial charge is 0.353 e. The average Bonchev–Trinajstić information content (AvgIpc) is 2.40. The lowest BCUT2D eigenvalue weighted by Crippen LogP contribution is -2.28. The summed E-state index contributed by atoms with van der Waals surface area (Å²) in [4.78, 5) is 7.16. The second-order valence-corrected chi connectivity index (χ2v) is 5.15. The Balaban J connectivity index is 2.29. The molecule has 1 N–H and O–H groups in total. The van der Waals surface area contributed by atoms with Gasteiger partial charge in [0.2, 0.25) is 0 Å². The molecule has 0 fully saturated rings. The lowest BCUT2D eigenvalue weighted by atomic mass is 10.1.